The number of carbonyl (C=O) groups excluding carboxylic acids is 1. The number of amides is 1. The van der Waals surface area contributed by atoms with Crippen LogP contribution < -0.4 is 5.32 Å². The Bertz CT molecular complexity index is 2030. The molecular formula is C75H131NO18. The van der Waals surface area contributed by atoms with Crippen LogP contribution in [-0.2, 0) is 33.2 Å². The van der Waals surface area contributed by atoms with E-state index >= 15 is 0 Å². The Hall–Kier alpha value is -3.03. The van der Waals surface area contributed by atoms with Gasteiger partial charge in [-0.15, -0.1) is 0 Å². The van der Waals surface area contributed by atoms with Gasteiger partial charge in [0.2, 0.25) is 5.91 Å². The number of aliphatic hydroxyl groups excluding tert-OH is 11. The molecule has 544 valence electrons. The minimum atomic E-state index is -1.98. The van der Waals surface area contributed by atoms with Crippen LogP contribution in [0.15, 0.2) is 85.1 Å². The predicted octanol–water partition coefficient (Wildman–Crippen LogP) is 10.7. The minimum Gasteiger partial charge on any atom is -0.394 e. The first kappa shape index (κ1) is 85.2. The molecule has 3 rings (SSSR count). The van der Waals surface area contributed by atoms with Gasteiger partial charge < -0.3 is 89.9 Å². The van der Waals surface area contributed by atoms with E-state index in [1.54, 1.807) is 0 Å². The van der Waals surface area contributed by atoms with Gasteiger partial charge in [-0.2, -0.15) is 0 Å². The lowest BCUT2D eigenvalue weighted by molar-refractivity contribution is -0.379. The number of hydrogen-bond donors (Lipinski definition) is 12. The van der Waals surface area contributed by atoms with Crippen molar-refractivity contribution in [1.29, 1.82) is 0 Å². The van der Waals surface area contributed by atoms with E-state index in [4.69, 9.17) is 28.4 Å². The Morgan fingerprint density at radius 3 is 1.15 bits per heavy atom. The van der Waals surface area contributed by atoms with Crippen molar-refractivity contribution >= 4 is 5.91 Å². The summed E-state index contributed by atoms with van der Waals surface area (Å²) in [6.07, 6.45) is 45.1. The molecule has 0 spiro atoms. The molecule has 0 aliphatic carbocycles. The first-order chi connectivity index (χ1) is 45.8. The van der Waals surface area contributed by atoms with E-state index in [9.17, 15) is 61.0 Å². The predicted molar refractivity (Wildman–Crippen MR) is 369 cm³/mol. The van der Waals surface area contributed by atoms with Gasteiger partial charge in [-0.05, 0) is 70.6 Å². The Morgan fingerprint density at radius 1 is 0.394 bits per heavy atom. The van der Waals surface area contributed by atoms with E-state index in [1.807, 2.05) is 0 Å². The van der Waals surface area contributed by atoms with Gasteiger partial charge in [-0.25, -0.2) is 0 Å². The van der Waals surface area contributed by atoms with Crippen molar-refractivity contribution in [2.45, 2.75) is 356 Å². The van der Waals surface area contributed by atoms with Gasteiger partial charge in [0.1, 0.15) is 73.2 Å². The van der Waals surface area contributed by atoms with Crippen LogP contribution in [-0.4, -0.2) is 193 Å². The van der Waals surface area contributed by atoms with E-state index in [0.717, 1.165) is 96.3 Å². The third-order valence-electron chi connectivity index (χ3n) is 18.0. The van der Waals surface area contributed by atoms with E-state index < -0.39 is 124 Å². The number of aliphatic hydroxyl groups is 11. The van der Waals surface area contributed by atoms with Crippen LogP contribution in [0, 0.1) is 0 Å². The summed E-state index contributed by atoms with van der Waals surface area (Å²) in [6.45, 7) is 1.69. The van der Waals surface area contributed by atoms with Crippen LogP contribution in [0.2, 0.25) is 0 Å². The number of allylic oxidation sites excluding steroid dienone is 14. The third kappa shape index (κ3) is 36.7. The molecule has 0 aromatic heterocycles. The number of nitrogens with one attached hydrogen (secondary N) is 1. The maximum Gasteiger partial charge on any atom is 0.220 e. The van der Waals surface area contributed by atoms with E-state index in [1.165, 1.54) is 122 Å². The van der Waals surface area contributed by atoms with Crippen LogP contribution in [0.3, 0.4) is 0 Å². The van der Waals surface area contributed by atoms with Crippen LogP contribution in [0.5, 0.6) is 0 Å². The van der Waals surface area contributed by atoms with Gasteiger partial charge in [0, 0.05) is 6.42 Å². The average molecular weight is 1330 g/mol. The molecule has 94 heavy (non-hydrogen) atoms. The van der Waals surface area contributed by atoms with Crippen molar-refractivity contribution in [2.24, 2.45) is 0 Å². The molecular weight excluding hydrogens is 1200 g/mol. The third-order valence-corrected chi connectivity index (χ3v) is 18.0. The second-order valence-electron chi connectivity index (χ2n) is 26.0. The molecule has 3 fully saturated rings. The first-order valence-corrected chi connectivity index (χ1v) is 36.8. The lowest BCUT2D eigenvalue weighted by atomic mass is 9.96. The molecule has 3 aliphatic heterocycles. The van der Waals surface area contributed by atoms with Crippen molar-refractivity contribution in [2.75, 3.05) is 26.4 Å². The van der Waals surface area contributed by atoms with E-state index in [-0.39, 0.29) is 18.9 Å². The van der Waals surface area contributed by atoms with Crippen molar-refractivity contribution in [3.8, 4) is 0 Å². The van der Waals surface area contributed by atoms with Gasteiger partial charge in [-0.1, -0.05) is 259 Å². The minimum absolute atomic E-state index is 0.248. The molecule has 3 saturated heterocycles. The molecule has 3 aliphatic rings. The summed E-state index contributed by atoms with van der Waals surface area (Å²) in [5.41, 5.74) is 0. The van der Waals surface area contributed by atoms with Crippen LogP contribution in [0.25, 0.3) is 0 Å². The lowest BCUT2D eigenvalue weighted by Gasteiger charge is -2.48. The zero-order chi connectivity index (χ0) is 68.2. The largest absolute Gasteiger partial charge is 0.394 e. The zero-order valence-electron chi connectivity index (χ0n) is 57.7. The number of unbranched alkanes of at least 4 members (excludes halogenated alkanes) is 26. The van der Waals surface area contributed by atoms with Gasteiger partial charge in [0.15, 0.2) is 18.9 Å². The lowest BCUT2D eigenvalue weighted by Crippen LogP contribution is -2.66. The highest BCUT2D eigenvalue weighted by Crippen LogP contribution is 2.33. The van der Waals surface area contributed by atoms with Crippen molar-refractivity contribution < 1.29 is 89.4 Å². The van der Waals surface area contributed by atoms with Crippen LogP contribution >= 0.6 is 0 Å². The number of hydrogen-bond acceptors (Lipinski definition) is 18. The quantitative estimate of drug-likeness (QED) is 0.0199. The Kier molecular flexibility index (Phi) is 50.6. The fourth-order valence-electron chi connectivity index (χ4n) is 12.1. The molecule has 3 heterocycles. The molecule has 0 saturated carbocycles. The molecule has 17 unspecified atom stereocenters. The van der Waals surface area contributed by atoms with Crippen LogP contribution in [0.1, 0.15) is 251 Å². The molecule has 0 bridgehead atoms. The van der Waals surface area contributed by atoms with Crippen molar-refractivity contribution in [1.82, 2.24) is 5.32 Å². The molecule has 19 heteroatoms. The summed E-state index contributed by atoms with van der Waals surface area (Å²) < 4.78 is 34.4. The molecule has 0 aromatic rings. The second kappa shape index (κ2) is 55.8. The summed E-state index contributed by atoms with van der Waals surface area (Å²) in [7, 11) is 0. The standard InChI is InChI=1S/C75H131NO18/c1-3-5-7-9-11-13-15-17-19-21-22-23-24-25-26-27-28-29-30-31-32-33-34-35-36-37-39-41-43-45-47-49-51-53-63(81)76-58(59(80)52-50-48-46-44-42-40-38-20-18-16-14-12-10-8-6-4-2)57-89-73-69(87)66(84)71(61(55-78)91-73)94-75-70(88)67(85)72(62(56-79)92-75)93-74-68(86)65(83)64(82)60(54-77)90-74/h5,7,11,13,17,19,22-23,25-26,28-29,31-32,58-62,64-75,77-80,82-88H,3-4,6,8-10,12,14-16,18,20-21,24,27,30,33-57H2,1-2H3,(H,76,81)/b7-5-,13-11-,19-17-,23-22-,26-25-,29-28-,32-31-. The van der Waals surface area contributed by atoms with Gasteiger partial charge in [0.25, 0.3) is 0 Å². The molecule has 19 nitrogen and oxygen atoms in total. The SMILES string of the molecule is CC/C=C\C/C=C\C/C=C\C/C=C\C/C=C\C/C=C\C/C=C\CCCCCCCCCCCCCC(=O)NC(COC1OC(CO)C(OC2OC(CO)C(OC3OC(CO)C(O)C(O)C3O)C(O)C2O)C(O)C1O)C(O)CCCCCCCCCCCCCCCCCC. The van der Waals surface area contributed by atoms with Crippen molar-refractivity contribution in [3.63, 3.8) is 0 Å². The van der Waals surface area contributed by atoms with Gasteiger partial charge in [-0.3, -0.25) is 4.79 Å². The molecule has 17 atom stereocenters. The number of rotatable bonds is 56. The average Bonchev–Trinajstić information content (AvgIpc) is 0.787. The normalized spacial score (nSPS) is 27.9. The summed E-state index contributed by atoms with van der Waals surface area (Å²) >= 11 is 0. The Labute approximate surface area is 565 Å². The van der Waals surface area contributed by atoms with E-state index in [0.29, 0.717) is 12.8 Å². The second-order valence-corrected chi connectivity index (χ2v) is 26.0. The number of carbonyl (C=O) groups is 1. The Morgan fingerprint density at radius 2 is 0.734 bits per heavy atom. The fraction of sp³-hybridized carbons (Fsp3) is 0.800. The molecule has 1 amide bonds. The Balaban J connectivity index is 1.37. The maximum atomic E-state index is 13.4. The maximum absolute atomic E-state index is 13.4. The number of ether oxygens (including phenoxy) is 6. The summed E-state index contributed by atoms with van der Waals surface area (Å²) in [4.78, 5) is 13.4. The molecule has 12 N–H and O–H groups in total. The van der Waals surface area contributed by atoms with Gasteiger partial charge >= 0.3 is 0 Å². The monoisotopic (exact) mass is 1330 g/mol. The summed E-state index contributed by atoms with van der Waals surface area (Å²) in [5.74, 6) is -0.248. The zero-order valence-corrected chi connectivity index (χ0v) is 57.7. The van der Waals surface area contributed by atoms with Crippen LogP contribution in [0.4, 0.5) is 0 Å². The molecule has 0 radical (unpaired) electrons. The highest BCUT2D eigenvalue weighted by molar-refractivity contribution is 5.76. The van der Waals surface area contributed by atoms with E-state index in [2.05, 4.69) is 104 Å². The topological polar surface area (TPSA) is 307 Å². The highest BCUT2D eigenvalue weighted by atomic mass is 16.8. The fourth-order valence-corrected chi connectivity index (χ4v) is 12.1. The summed E-state index contributed by atoms with van der Waals surface area (Å²) in [6, 6.07) is -0.894. The molecule has 0 aromatic carbocycles. The first-order valence-electron chi connectivity index (χ1n) is 36.8. The van der Waals surface area contributed by atoms with Crippen molar-refractivity contribution in [3.05, 3.63) is 85.1 Å². The van der Waals surface area contributed by atoms with Gasteiger partial charge in [0.05, 0.1) is 38.6 Å². The smallest absolute Gasteiger partial charge is 0.220 e. The highest BCUT2D eigenvalue weighted by Gasteiger charge is 2.53. The summed E-state index contributed by atoms with van der Waals surface area (Å²) in [5, 5.41) is 121.